The molecule has 0 saturated heterocycles. The van der Waals surface area contributed by atoms with Gasteiger partial charge in [-0.3, -0.25) is 4.98 Å². The number of nitrogens with zero attached hydrogens (tertiary/aromatic N) is 1. The Morgan fingerprint density at radius 3 is 2.77 bits per heavy atom. The van der Waals surface area contributed by atoms with Crippen LogP contribution in [0.15, 0.2) is 18.5 Å². The van der Waals surface area contributed by atoms with E-state index in [4.69, 9.17) is 5.73 Å². The van der Waals surface area contributed by atoms with Gasteiger partial charge in [0.25, 0.3) is 0 Å². The Kier molecular flexibility index (Phi) is 3.22. The third-order valence-electron chi connectivity index (χ3n) is 1.99. The summed E-state index contributed by atoms with van der Waals surface area (Å²) in [4.78, 5) is 3.83. The number of nitrogen functional groups attached to an aromatic ring is 1. The molecule has 0 bridgehead atoms. The molecule has 2 atom stereocenters. The third-order valence-corrected chi connectivity index (χ3v) is 1.99. The second kappa shape index (κ2) is 4.20. The molecule has 0 aliphatic rings. The molecule has 0 aliphatic heterocycles. The van der Waals surface area contributed by atoms with Gasteiger partial charge in [0.15, 0.2) is 0 Å². The molecule has 1 aromatic rings. The molecule has 1 aromatic heterocycles. The normalized spacial score (nSPS) is 15.3. The van der Waals surface area contributed by atoms with Gasteiger partial charge >= 0.3 is 0 Å². The summed E-state index contributed by atoms with van der Waals surface area (Å²) in [7, 11) is 0. The summed E-state index contributed by atoms with van der Waals surface area (Å²) in [6.45, 7) is 1.79. The Hall–Kier alpha value is -1.13. The molecule has 4 nitrogen and oxygen atoms in total. The van der Waals surface area contributed by atoms with Crippen LogP contribution in [0.5, 0.6) is 0 Å². The molecule has 0 fully saturated rings. The van der Waals surface area contributed by atoms with Crippen molar-refractivity contribution in [3.63, 3.8) is 0 Å². The van der Waals surface area contributed by atoms with Crippen LogP contribution in [-0.2, 0) is 0 Å². The van der Waals surface area contributed by atoms with E-state index in [0.29, 0.717) is 17.7 Å². The molecule has 2 unspecified atom stereocenters. The molecule has 1 rings (SSSR count). The summed E-state index contributed by atoms with van der Waals surface area (Å²) >= 11 is 0. The molecule has 0 amide bonds. The highest BCUT2D eigenvalue weighted by atomic mass is 16.3. The van der Waals surface area contributed by atoms with E-state index < -0.39 is 12.2 Å². The Morgan fingerprint density at radius 2 is 2.23 bits per heavy atom. The topological polar surface area (TPSA) is 79.4 Å². The first-order valence-electron chi connectivity index (χ1n) is 4.22. The monoisotopic (exact) mass is 182 g/mol. The zero-order valence-corrected chi connectivity index (χ0v) is 7.51. The smallest absolute Gasteiger partial charge is 0.108 e. The summed E-state index contributed by atoms with van der Waals surface area (Å²) in [5, 5.41) is 19.0. The third kappa shape index (κ3) is 2.17. The van der Waals surface area contributed by atoms with Crippen molar-refractivity contribution in [2.75, 3.05) is 5.73 Å². The predicted molar refractivity (Wildman–Crippen MR) is 49.9 cm³/mol. The molecule has 0 aliphatic carbocycles. The Labute approximate surface area is 77.0 Å². The first-order chi connectivity index (χ1) is 6.16. The zero-order chi connectivity index (χ0) is 9.84. The molecular weight excluding hydrogens is 168 g/mol. The highest BCUT2D eigenvalue weighted by Crippen LogP contribution is 2.22. The van der Waals surface area contributed by atoms with Crippen LogP contribution >= 0.6 is 0 Å². The minimum absolute atomic E-state index is 0.454. The van der Waals surface area contributed by atoms with Crippen LogP contribution in [-0.4, -0.2) is 21.3 Å². The molecule has 0 spiro atoms. The fourth-order valence-corrected chi connectivity index (χ4v) is 1.10. The average molecular weight is 182 g/mol. The van der Waals surface area contributed by atoms with Gasteiger partial charge in [0.2, 0.25) is 0 Å². The second-order valence-corrected chi connectivity index (χ2v) is 2.93. The van der Waals surface area contributed by atoms with E-state index in [2.05, 4.69) is 4.98 Å². The van der Waals surface area contributed by atoms with Gasteiger partial charge in [-0.15, -0.1) is 0 Å². The lowest BCUT2D eigenvalue weighted by molar-refractivity contribution is 0.0167. The quantitative estimate of drug-likeness (QED) is 0.634. The van der Waals surface area contributed by atoms with Gasteiger partial charge in [-0.05, 0) is 12.5 Å². The van der Waals surface area contributed by atoms with Crippen molar-refractivity contribution < 1.29 is 10.2 Å². The summed E-state index contributed by atoms with van der Waals surface area (Å²) < 4.78 is 0. The molecule has 1 heterocycles. The molecule has 72 valence electrons. The summed E-state index contributed by atoms with van der Waals surface area (Å²) in [6.07, 6.45) is 1.77. The second-order valence-electron chi connectivity index (χ2n) is 2.93. The van der Waals surface area contributed by atoms with Crippen molar-refractivity contribution in [2.45, 2.75) is 25.6 Å². The number of aliphatic hydroxyl groups is 2. The van der Waals surface area contributed by atoms with E-state index in [-0.39, 0.29) is 0 Å². The van der Waals surface area contributed by atoms with Gasteiger partial charge in [0, 0.05) is 23.6 Å². The molecule has 4 heteroatoms. The van der Waals surface area contributed by atoms with Crippen LogP contribution in [0, 0.1) is 0 Å². The van der Waals surface area contributed by atoms with Gasteiger partial charge in [0.05, 0.1) is 6.10 Å². The first kappa shape index (κ1) is 9.95. The fourth-order valence-electron chi connectivity index (χ4n) is 1.10. The van der Waals surface area contributed by atoms with E-state index in [0.717, 1.165) is 0 Å². The highest BCUT2D eigenvalue weighted by molar-refractivity contribution is 5.45. The number of nitrogens with two attached hydrogens (primary N) is 1. The lowest BCUT2D eigenvalue weighted by Crippen LogP contribution is -2.18. The van der Waals surface area contributed by atoms with Crippen molar-refractivity contribution in [2.24, 2.45) is 0 Å². The molecule has 0 saturated carbocycles. The number of pyridine rings is 1. The van der Waals surface area contributed by atoms with Crippen LogP contribution in [0.2, 0.25) is 0 Å². The molecule has 4 N–H and O–H groups in total. The number of aromatic nitrogens is 1. The van der Waals surface area contributed by atoms with Gasteiger partial charge < -0.3 is 15.9 Å². The average Bonchev–Trinajstić information content (AvgIpc) is 2.16. The Bertz CT molecular complexity index is 278. The van der Waals surface area contributed by atoms with Crippen LogP contribution in [0.4, 0.5) is 5.69 Å². The van der Waals surface area contributed by atoms with Crippen molar-refractivity contribution in [1.29, 1.82) is 0 Å². The number of anilines is 1. The molecule has 0 radical (unpaired) electrons. The van der Waals surface area contributed by atoms with E-state index in [9.17, 15) is 10.2 Å². The molecule has 13 heavy (non-hydrogen) atoms. The first-order valence-corrected chi connectivity index (χ1v) is 4.22. The number of aliphatic hydroxyl groups excluding tert-OH is 2. The minimum atomic E-state index is -0.946. The van der Waals surface area contributed by atoms with E-state index >= 15 is 0 Å². The SMILES string of the molecule is CCC(O)C(O)c1cnccc1N. The maximum absolute atomic E-state index is 9.60. The van der Waals surface area contributed by atoms with Gasteiger partial charge in [-0.1, -0.05) is 6.92 Å². The fraction of sp³-hybridized carbons (Fsp3) is 0.444. The van der Waals surface area contributed by atoms with Gasteiger partial charge in [-0.2, -0.15) is 0 Å². The number of hydrogen-bond acceptors (Lipinski definition) is 4. The van der Waals surface area contributed by atoms with E-state index in [1.165, 1.54) is 6.20 Å². The summed E-state index contributed by atoms with van der Waals surface area (Å²) in [5.74, 6) is 0. The Morgan fingerprint density at radius 1 is 1.54 bits per heavy atom. The lowest BCUT2D eigenvalue weighted by atomic mass is 10.0. The van der Waals surface area contributed by atoms with Crippen LogP contribution in [0.3, 0.4) is 0 Å². The van der Waals surface area contributed by atoms with Gasteiger partial charge in [0.1, 0.15) is 6.10 Å². The molecular formula is C9H14N2O2. The largest absolute Gasteiger partial charge is 0.398 e. The predicted octanol–water partition coefficient (Wildman–Crippen LogP) is 0.468. The lowest BCUT2D eigenvalue weighted by Gasteiger charge is -2.17. The minimum Gasteiger partial charge on any atom is -0.398 e. The van der Waals surface area contributed by atoms with E-state index in [1.807, 2.05) is 0 Å². The van der Waals surface area contributed by atoms with Crippen LogP contribution in [0.1, 0.15) is 25.0 Å². The summed E-state index contributed by atoms with van der Waals surface area (Å²) in [5.41, 5.74) is 6.54. The maximum Gasteiger partial charge on any atom is 0.108 e. The van der Waals surface area contributed by atoms with E-state index in [1.54, 1.807) is 19.2 Å². The summed E-state index contributed by atoms with van der Waals surface area (Å²) in [6, 6.07) is 1.60. The van der Waals surface area contributed by atoms with Crippen molar-refractivity contribution in [1.82, 2.24) is 4.98 Å². The van der Waals surface area contributed by atoms with Crippen LogP contribution < -0.4 is 5.73 Å². The number of hydrogen-bond donors (Lipinski definition) is 3. The number of rotatable bonds is 3. The standard InChI is InChI=1S/C9H14N2O2/c1-2-8(12)9(13)6-5-11-4-3-7(6)10/h3-5,8-9,12-13H,2H2,1H3,(H2,10,11). The molecule has 0 aromatic carbocycles. The van der Waals surface area contributed by atoms with Crippen molar-refractivity contribution >= 4 is 5.69 Å². The van der Waals surface area contributed by atoms with Crippen LogP contribution in [0.25, 0.3) is 0 Å². The van der Waals surface area contributed by atoms with Crippen molar-refractivity contribution in [3.05, 3.63) is 24.0 Å². The van der Waals surface area contributed by atoms with Gasteiger partial charge in [-0.25, -0.2) is 0 Å². The maximum atomic E-state index is 9.60. The zero-order valence-electron chi connectivity index (χ0n) is 7.51. The Balaban J connectivity index is 2.88. The van der Waals surface area contributed by atoms with Crippen molar-refractivity contribution in [3.8, 4) is 0 Å². The highest BCUT2D eigenvalue weighted by Gasteiger charge is 2.18.